The number of nitrogens with one attached hydrogen (secondary N) is 2. The third kappa shape index (κ3) is 6.00. The molecule has 0 radical (unpaired) electrons. The minimum Gasteiger partial charge on any atom is -0.744 e. The number of aromatic nitrogens is 1. The van der Waals surface area contributed by atoms with Gasteiger partial charge in [-0.2, -0.15) is 0 Å². The molecule has 0 atom stereocenters. The van der Waals surface area contributed by atoms with Crippen molar-refractivity contribution in [1.29, 1.82) is 0 Å². The van der Waals surface area contributed by atoms with Crippen LogP contribution in [0.2, 0.25) is 0 Å². The first kappa shape index (κ1) is 28.4. The van der Waals surface area contributed by atoms with Gasteiger partial charge in [-0.05, 0) is 91.3 Å². The molecule has 0 aliphatic heterocycles. The number of nitrogens with two attached hydrogens (primary N) is 1. The van der Waals surface area contributed by atoms with Crippen molar-refractivity contribution in [1.82, 2.24) is 11.1 Å². The molecular formula is C28H25N5O5S2. The Hall–Kier alpha value is -4.62. The van der Waals surface area contributed by atoms with Crippen LogP contribution in [0.4, 0.5) is 17.1 Å². The number of benzene rings is 4. The Kier molecular flexibility index (Phi) is 7.98. The molecule has 5 rings (SSSR count). The van der Waals surface area contributed by atoms with Crippen molar-refractivity contribution in [3.05, 3.63) is 102 Å². The zero-order chi connectivity index (χ0) is 27.7. The van der Waals surface area contributed by atoms with Crippen LogP contribution in [-0.4, -0.2) is 29.8 Å². The molecule has 5 aromatic rings. The minimum atomic E-state index is -4.65. The summed E-state index contributed by atoms with van der Waals surface area (Å²) >= 11 is 1.13. The SMILES string of the molecule is Cc1ccc2nc(-c3ccc(NC(=O)c4ccc(NC(=O)c5ccc(N)cc5)cc4)cc3)sc2c1S(=O)(=O)[O-].[NH4+]. The molecule has 0 spiro atoms. The molecule has 0 saturated carbocycles. The average molecular weight is 576 g/mol. The van der Waals surface area contributed by atoms with Gasteiger partial charge in [0.25, 0.3) is 11.8 Å². The Morgan fingerprint density at radius 2 is 1.30 bits per heavy atom. The number of hydrogen-bond donors (Lipinski definition) is 4. The van der Waals surface area contributed by atoms with Crippen molar-refractivity contribution < 1.29 is 22.6 Å². The number of carbonyl (C=O) groups excluding carboxylic acids is 2. The zero-order valence-corrected chi connectivity index (χ0v) is 23.1. The molecule has 0 fully saturated rings. The van der Waals surface area contributed by atoms with Crippen LogP contribution in [0.15, 0.2) is 89.8 Å². The number of amides is 2. The van der Waals surface area contributed by atoms with Crippen LogP contribution in [-0.2, 0) is 10.1 Å². The zero-order valence-electron chi connectivity index (χ0n) is 21.5. The van der Waals surface area contributed by atoms with E-state index >= 15 is 0 Å². The molecule has 8 N–H and O–H groups in total. The quantitative estimate of drug-likeness (QED) is 0.149. The van der Waals surface area contributed by atoms with Crippen molar-refractivity contribution >= 4 is 60.5 Å². The van der Waals surface area contributed by atoms with Gasteiger partial charge in [0.05, 0.1) is 15.1 Å². The van der Waals surface area contributed by atoms with E-state index in [9.17, 15) is 22.6 Å². The Morgan fingerprint density at radius 3 is 1.82 bits per heavy atom. The summed E-state index contributed by atoms with van der Waals surface area (Å²) in [5, 5.41) is 6.14. The molecule has 0 unspecified atom stereocenters. The Labute approximate surface area is 234 Å². The molecule has 1 heterocycles. The number of rotatable bonds is 6. The predicted octanol–water partition coefficient (Wildman–Crippen LogP) is 5.64. The molecule has 40 heavy (non-hydrogen) atoms. The third-order valence-electron chi connectivity index (χ3n) is 5.93. The highest BCUT2D eigenvalue weighted by molar-refractivity contribution is 7.86. The Bertz CT molecular complexity index is 1820. The summed E-state index contributed by atoms with van der Waals surface area (Å²) in [7, 11) is -4.65. The van der Waals surface area contributed by atoms with Gasteiger partial charge in [0.2, 0.25) is 0 Å². The van der Waals surface area contributed by atoms with Crippen LogP contribution in [0.1, 0.15) is 26.3 Å². The molecule has 12 heteroatoms. The second-order valence-corrected chi connectivity index (χ2v) is 11.0. The summed E-state index contributed by atoms with van der Waals surface area (Å²) in [6, 6.07) is 23.2. The van der Waals surface area contributed by atoms with E-state index in [0.717, 1.165) is 11.3 Å². The smallest absolute Gasteiger partial charge is 0.255 e. The first-order chi connectivity index (χ1) is 18.6. The summed E-state index contributed by atoms with van der Waals surface area (Å²) in [6.45, 7) is 1.58. The monoisotopic (exact) mass is 575 g/mol. The number of hydrogen-bond acceptors (Lipinski definition) is 8. The number of quaternary nitrogens is 1. The van der Waals surface area contributed by atoms with E-state index in [0.29, 0.717) is 54.5 Å². The molecule has 0 aliphatic carbocycles. The van der Waals surface area contributed by atoms with Crippen molar-refractivity contribution in [3.63, 3.8) is 0 Å². The fourth-order valence-electron chi connectivity index (χ4n) is 3.94. The van der Waals surface area contributed by atoms with E-state index in [-0.39, 0.29) is 22.9 Å². The van der Waals surface area contributed by atoms with Crippen LogP contribution < -0.4 is 22.5 Å². The van der Waals surface area contributed by atoms with Gasteiger partial charge in [0, 0.05) is 33.8 Å². The molecule has 4 aromatic carbocycles. The van der Waals surface area contributed by atoms with Gasteiger partial charge < -0.3 is 27.1 Å². The molecule has 0 bridgehead atoms. The number of fused-ring (bicyclic) bond motifs is 1. The normalized spacial score (nSPS) is 11.1. The lowest BCUT2D eigenvalue weighted by atomic mass is 10.1. The molecular weight excluding hydrogens is 550 g/mol. The summed E-state index contributed by atoms with van der Waals surface area (Å²) in [4.78, 5) is 29.3. The van der Waals surface area contributed by atoms with Gasteiger partial charge in [0.15, 0.2) is 0 Å². The van der Waals surface area contributed by atoms with Gasteiger partial charge in [-0.1, -0.05) is 6.07 Å². The lowest BCUT2D eigenvalue weighted by molar-refractivity contribution is 0.102. The Morgan fingerprint density at radius 1 is 0.800 bits per heavy atom. The second kappa shape index (κ2) is 11.2. The van der Waals surface area contributed by atoms with Crippen LogP contribution in [0, 0.1) is 6.92 Å². The number of thiazole rings is 1. The van der Waals surface area contributed by atoms with E-state index in [1.807, 2.05) is 0 Å². The van der Waals surface area contributed by atoms with Crippen molar-refractivity contribution in [2.45, 2.75) is 11.8 Å². The standard InChI is InChI=1S/C28H22N4O5S2.H3N/c1-16-2-15-23-24(25(16)39(35,36)37)38-28(32-23)19-7-13-22(14-8-19)31-27(34)18-5-11-21(12-6-18)30-26(33)17-3-9-20(29)10-4-17;/h2-15H,29H2,1H3,(H,30,33)(H,31,34)(H,35,36,37);1H3. The van der Waals surface area contributed by atoms with Crippen LogP contribution in [0.5, 0.6) is 0 Å². The highest BCUT2D eigenvalue weighted by Crippen LogP contribution is 2.36. The average Bonchev–Trinajstić information content (AvgIpc) is 3.33. The number of aryl methyl sites for hydroxylation is 1. The van der Waals surface area contributed by atoms with Crippen molar-refractivity contribution in [2.75, 3.05) is 16.4 Å². The number of anilines is 3. The van der Waals surface area contributed by atoms with Gasteiger partial charge >= 0.3 is 0 Å². The summed E-state index contributed by atoms with van der Waals surface area (Å²) in [6.07, 6.45) is 0. The lowest BCUT2D eigenvalue weighted by Crippen LogP contribution is -2.13. The maximum atomic E-state index is 12.7. The molecule has 0 saturated heterocycles. The number of carbonyl (C=O) groups is 2. The largest absolute Gasteiger partial charge is 0.744 e. The second-order valence-electron chi connectivity index (χ2n) is 8.72. The summed E-state index contributed by atoms with van der Waals surface area (Å²) < 4.78 is 35.6. The van der Waals surface area contributed by atoms with Crippen molar-refractivity contribution in [2.24, 2.45) is 0 Å². The maximum Gasteiger partial charge on any atom is 0.255 e. The van der Waals surface area contributed by atoms with E-state index in [1.165, 1.54) is 0 Å². The van der Waals surface area contributed by atoms with Gasteiger partial charge in [0.1, 0.15) is 15.1 Å². The predicted molar refractivity (Wildman–Crippen MR) is 157 cm³/mol. The fraction of sp³-hybridized carbons (Fsp3) is 0.0357. The Balaban J connectivity index is 0.00000370. The highest BCUT2D eigenvalue weighted by Gasteiger charge is 2.16. The van der Waals surface area contributed by atoms with Crippen LogP contribution in [0.3, 0.4) is 0 Å². The van der Waals surface area contributed by atoms with E-state index in [2.05, 4.69) is 15.6 Å². The molecule has 1 aromatic heterocycles. The first-order valence-electron chi connectivity index (χ1n) is 11.6. The topological polar surface area (TPSA) is 191 Å². The third-order valence-corrected chi connectivity index (χ3v) is 8.22. The van der Waals surface area contributed by atoms with Gasteiger partial charge in [-0.25, -0.2) is 13.4 Å². The molecule has 2 amide bonds. The summed E-state index contributed by atoms with van der Waals surface area (Å²) in [5.41, 5.74) is 9.68. The minimum absolute atomic E-state index is 0. The van der Waals surface area contributed by atoms with Gasteiger partial charge in [-0.15, -0.1) is 11.3 Å². The number of nitrogen functional groups attached to an aromatic ring is 1. The van der Waals surface area contributed by atoms with Crippen molar-refractivity contribution in [3.8, 4) is 10.6 Å². The first-order valence-corrected chi connectivity index (χ1v) is 13.9. The molecule has 204 valence electrons. The van der Waals surface area contributed by atoms with E-state index < -0.39 is 10.1 Å². The maximum absolute atomic E-state index is 12.7. The van der Waals surface area contributed by atoms with E-state index in [1.54, 1.807) is 91.9 Å². The highest BCUT2D eigenvalue weighted by atomic mass is 32.2. The molecule has 10 nitrogen and oxygen atoms in total. The lowest BCUT2D eigenvalue weighted by Gasteiger charge is -2.10. The number of nitrogens with zero attached hydrogens (tertiary/aromatic N) is 1. The van der Waals surface area contributed by atoms with Crippen LogP contribution in [0.25, 0.3) is 20.8 Å². The fourth-order valence-corrected chi connectivity index (χ4v) is 6.23. The summed E-state index contributed by atoms with van der Waals surface area (Å²) in [5.74, 6) is -0.624. The van der Waals surface area contributed by atoms with Gasteiger partial charge in [-0.3, -0.25) is 9.59 Å². The van der Waals surface area contributed by atoms with Crippen LogP contribution >= 0.6 is 11.3 Å². The van der Waals surface area contributed by atoms with E-state index in [4.69, 9.17) is 5.73 Å². The molecule has 0 aliphatic rings.